The number of halogens is 1. The highest BCUT2D eigenvalue weighted by atomic mass is 19.1. The zero-order valence-electron chi connectivity index (χ0n) is 11.3. The van der Waals surface area contributed by atoms with Gasteiger partial charge in [-0.1, -0.05) is 6.92 Å². The molecule has 0 atom stereocenters. The van der Waals surface area contributed by atoms with Crippen LogP contribution in [0.4, 0.5) is 10.1 Å². The average Bonchev–Trinajstić information content (AvgIpc) is 2.41. The van der Waals surface area contributed by atoms with Gasteiger partial charge in [0.2, 0.25) is 5.91 Å². The van der Waals surface area contributed by atoms with E-state index in [0.29, 0.717) is 11.3 Å². The quantitative estimate of drug-likeness (QED) is 0.881. The number of carbonyl (C=O) groups is 1. The molecule has 0 aromatic heterocycles. The van der Waals surface area contributed by atoms with E-state index in [2.05, 4.69) is 12.2 Å². The van der Waals surface area contributed by atoms with E-state index in [4.69, 9.17) is 5.73 Å². The first-order valence-corrected chi connectivity index (χ1v) is 6.89. The fourth-order valence-electron chi connectivity index (χ4n) is 2.58. The number of nitrogens with two attached hydrogens (primary N) is 1. The highest BCUT2D eigenvalue weighted by Crippen LogP contribution is 2.29. The lowest BCUT2D eigenvalue weighted by Crippen LogP contribution is -2.26. The van der Waals surface area contributed by atoms with Gasteiger partial charge in [0.05, 0.1) is 0 Å². The summed E-state index contributed by atoms with van der Waals surface area (Å²) in [6.07, 6.45) is 4.10. The van der Waals surface area contributed by atoms with Gasteiger partial charge in [0.15, 0.2) is 0 Å². The molecule has 0 bridgehead atoms. The smallest absolute Gasteiger partial charge is 0.227 e. The summed E-state index contributed by atoms with van der Waals surface area (Å²) in [5.74, 6) is 0.523. The fourth-order valence-corrected chi connectivity index (χ4v) is 2.58. The second-order valence-electron chi connectivity index (χ2n) is 5.46. The molecule has 104 valence electrons. The van der Waals surface area contributed by atoms with Crippen LogP contribution in [0, 0.1) is 17.7 Å². The first kappa shape index (κ1) is 14.0. The Balaban J connectivity index is 1.98. The number of amides is 1. The summed E-state index contributed by atoms with van der Waals surface area (Å²) in [5.41, 5.74) is 6.51. The molecule has 0 unspecified atom stereocenters. The summed E-state index contributed by atoms with van der Waals surface area (Å²) in [5, 5.41) is 2.87. The van der Waals surface area contributed by atoms with Crippen LogP contribution in [0.15, 0.2) is 18.2 Å². The molecule has 3 N–H and O–H groups in total. The van der Waals surface area contributed by atoms with Gasteiger partial charge in [0, 0.05) is 23.7 Å². The van der Waals surface area contributed by atoms with Gasteiger partial charge in [-0.05, 0) is 49.8 Å². The van der Waals surface area contributed by atoms with Gasteiger partial charge < -0.3 is 11.1 Å². The van der Waals surface area contributed by atoms with E-state index in [1.54, 1.807) is 12.1 Å². The van der Waals surface area contributed by atoms with Crippen LogP contribution in [0.2, 0.25) is 0 Å². The van der Waals surface area contributed by atoms with E-state index in [-0.39, 0.29) is 24.2 Å². The Kier molecular flexibility index (Phi) is 4.53. The van der Waals surface area contributed by atoms with E-state index in [0.717, 1.165) is 31.6 Å². The predicted molar refractivity (Wildman–Crippen MR) is 74.0 cm³/mol. The third kappa shape index (κ3) is 3.53. The molecule has 0 aliphatic heterocycles. The van der Waals surface area contributed by atoms with E-state index >= 15 is 0 Å². The lowest BCUT2D eigenvalue weighted by atomic mass is 9.82. The molecule has 0 saturated heterocycles. The van der Waals surface area contributed by atoms with E-state index < -0.39 is 0 Å². The Morgan fingerprint density at radius 3 is 2.68 bits per heavy atom. The Bertz CT molecular complexity index is 453. The molecular weight excluding hydrogens is 243 g/mol. The molecule has 0 heterocycles. The van der Waals surface area contributed by atoms with Gasteiger partial charge in [0.1, 0.15) is 5.82 Å². The number of rotatable bonds is 3. The van der Waals surface area contributed by atoms with E-state index in [1.165, 1.54) is 6.07 Å². The number of anilines is 1. The number of benzene rings is 1. The van der Waals surface area contributed by atoms with Crippen molar-refractivity contribution in [3.05, 3.63) is 29.6 Å². The SMILES string of the molecule is CC1CCC(C(=O)Nc2ccc(F)c(CN)c2)CC1. The van der Waals surface area contributed by atoms with Crippen molar-refractivity contribution in [2.24, 2.45) is 17.6 Å². The topological polar surface area (TPSA) is 55.1 Å². The Morgan fingerprint density at radius 2 is 2.05 bits per heavy atom. The van der Waals surface area contributed by atoms with Gasteiger partial charge >= 0.3 is 0 Å². The molecule has 1 aromatic carbocycles. The van der Waals surface area contributed by atoms with Gasteiger partial charge in [-0.2, -0.15) is 0 Å². The van der Waals surface area contributed by atoms with Crippen LogP contribution in [-0.2, 0) is 11.3 Å². The van der Waals surface area contributed by atoms with Crippen molar-refractivity contribution in [2.75, 3.05) is 5.32 Å². The summed E-state index contributed by atoms with van der Waals surface area (Å²) in [6.45, 7) is 2.36. The maximum atomic E-state index is 13.3. The van der Waals surface area contributed by atoms with Crippen LogP contribution in [0.3, 0.4) is 0 Å². The third-order valence-electron chi connectivity index (χ3n) is 3.92. The summed E-state index contributed by atoms with van der Waals surface area (Å²) in [7, 11) is 0. The fraction of sp³-hybridized carbons (Fsp3) is 0.533. The second-order valence-corrected chi connectivity index (χ2v) is 5.46. The standard InChI is InChI=1S/C15H21FN2O/c1-10-2-4-11(5-3-10)15(19)18-13-6-7-14(16)12(8-13)9-17/h6-8,10-11H,2-5,9,17H2,1H3,(H,18,19). The predicted octanol–water partition coefficient (Wildman–Crippen LogP) is 3.05. The molecule has 0 radical (unpaired) electrons. The van der Waals surface area contributed by atoms with Gasteiger partial charge in [-0.15, -0.1) is 0 Å². The van der Waals surface area contributed by atoms with Crippen LogP contribution < -0.4 is 11.1 Å². The van der Waals surface area contributed by atoms with Crippen LogP contribution in [0.5, 0.6) is 0 Å². The maximum Gasteiger partial charge on any atom is 0.227 e. The van der Waals surface area contributed by atoms with E-state index in [1.807, 2.05) is 0 Å². The van der Waals surface area contributed by atoms with Crippen molar-refractivity contribution in [2.45, 2.75) is 39.2 Å². The molecule has 1 amide bonds. The molecular formula is C15H21FN2O. The first-order chi connectivity index (χ1) is 9.10. The molecule has 19 heavy (non-hydrogen) atoms. The number of nitrogens with one attached hydrogen (secondary N) is 1. The highest BCUT2D eigenvalue weighted by Gasteiger charge is 2.24. The lowest BCUT2D eigenvalue weighted by molar-refractivity contribution is -0.121. The zero-order valence-corrected chi connectivity index (χ0v) is 11.3. The van der Waals surface area contributed by atoms with Gasteiger partial charge in [0.25, 0.3) is 0 Å². The Morgan fingerprint density at radius 1 is 1.37 bits per heavy atom. The normalized spacial score (nSPS) is 23.1. The Hall–Kier alpha value is -1.42. The van der Waals surface area contributed by atoms with Gasteiger partial charge in [-0.3, -0.25) is 4.79 Å². The summed E-state index contributed by atoms with van der Waals surface area (Å²) >= 11 is 0. The van der Waals surface area contributed by atoms with Crippen molar-refractivity contribution >= 4 is 11.6 Å². The van der Waals surface area contributed by atoms with Crippen molar-refractivity contribution in [1.29, 1.82) is 0 Å². The molecule has 0 spiro atoms. The average molecular weight is 264 g/mol. The van der Waals surface area contributed by atoms with Crippen LogP contribution >= 0.6 is 0 Å². The molecule has 1 fully saturated rings. The van der Waals surface area contributed by atoms with Crippen molar-refractivity contribution in [3.63, 3.8) is 0 Å². The monoisotopic (exact) mass is 264 g/mol. The highest BCUT2D eigenvalue weighted by molar-refractivity contribution is 5.92. The summed E-state index contributed by atoms with van der Waals surface area (Å²) in [4.78, 5) is 12.1. The largest absolute Gasteiger partial charge is 0.326 e. The molecule has 4 heteroatoms. The zero-order chi connectivity index (χ0) is 13.8. The molecule has 1 aliphatic carbocycles. The van der Waals surface area contributed by atoms with Crippen LogP contribution in [-0.4, -0.2) is 5.91 Å². The minimum Gasteiger partial charge on any atom is -0.326 e. The Labute approximate surface area is 113 Å². The minimum absolute atomic E-state index is 0.0430. The van der Waals surface area contributed by atoms with Crippen LogP contribution in [0.25, 0.3) is 0 Å². The number of carbonyl (C=O) groups excluding carboxylic acids is 1. The van der Waals surface area contributed by atoms with Crippen molar-refractivity contribution < 1.29 is 9.18 Å². The molecule has 1 aliphatic rings. The van der Waals surface area contributed by atoms with Crippen molar-refractivity contribution in [3.8, 4) is 0 Å². The molecule has 3 nitrogen and oxygen atoms in total. The summed E-state index contributed by atoms with van der Waals surface area (Å²) < 4.78 is 13.3. The number of hydrogen-bond donors (Lipinski definition) is 2. The summed E-state index contributed by atoms with van der Waals surface area (Å²) in [6, 6.07) is 4.54. The molecule has 2 rings (SSSR count). The second kappa shape index (κ2) is 6.15. The third-order valence-corrected chi connectivity index (χ3v) is 3.92. The minimum atomic E-state index is -0.327. The first-order valence-electron chi connectivity index (χ1n) is 6.89. The van der Waals surface area contributed by atoms with Crippen molar-refractivity contribution in [1.82, 2.24) is 0 Å². The lowest BCUT2D eigenvalue weighted by Gasteiger charge is -2.25. The maximum absolute atomic E-state index is 13.3. The van der Waals surface area contributed by atoms with Crippen LogP contribution in [0.1, 0.15) is 38.2 Å². The molecule has 1 aromatic rings. The van der Waals surface area contributed by atoms with E-state index in [9.17, 15) is 9.18 Å². The van der Waals surface area contributed by atoms with Gasteiger partial charge in [-0.25, -0.2) is 4.39 Å². The number of hydrogen-bond acceptors (Lipinski definition) is 2. The molecule has 1 saturated carbocycles.